The summed E-state index contributed by atoms with van der Waals surface area (Å²) in [4.78, 5) is 50.5. The van der Waals surface area contributed by atoms with Crippen molar-refractivity contribution < 1.29 is 32.3 Å². The molecule has 1 saturated heterocycles. The van der Waals surface area contributed by atoms with E-state index in [0.29, 0.717) is 0 Å². The zero-order valence-electron chi connectivity index (χ0n) is 21.0. The van der Waals surface area contributed by atoms with Gasteiger partial charge in [-0.15, -0.1) is 0 Å². The zero-order valence-corrected chi connectivity index (χ0v) is 21.8. The molecule has 0 unspecified atom stereocenters. The lowest BCUT2D eigenvalue weighted by molar-refractivity contribution is -0.133. The Morgan fingerprint density at radius 2 is 1.95 bits per heavy atom. The highest BCUT2D eigenvalue weighted by Crippen LogP contribution is 2.39. The van der Waals surface area contributed by atoms with Gasteiger partial charge in [-0.2, -0.15) is 5.26 Å². The number of cyclic esters (lactones) is 1. The lowest BCUT2D eigenvalue weighted by Crippen LogP contribution is -2.56. The number of benzene rings is 1. The van der Waals surface area contributed by atoms with E-state index in [-0.39, 0.29) is 35.1 Å². The van der Waals surface area contributed by atoms with E-state index in [1.54, 1.807) is 12.1 Å². The number of nitriles is 1. The maximum atomic E-state index is 14.4. The summed E-state index contributed by atoms with van der Waals surface area (Å²) in [5.41, 5.74) is 0.0847. The van der Waals surface area contributed by atoms with Crippen LogP contribution in [0.25, 0.3) is 0 Å². The lowest BCUT2D eigenvalue weighted by Gasteiger charge is -2.38. The van der Waals surface area contributed by atoms with Crippen molar-refractivity contribution in [2.75, 3.05) is 16.4 Å². The molecule has 2 aromatic heterocycles. The molecule has 42 heavy (non-hydrogen) atoms. The minimum Gasteiger partial charge on any atom is -0.446 e. The van der Waals surface area contributed by atoms with Crippen LogP contribution in [0.1, 0.15) is 37.4 Å². The maximum absolute atomic E-state index is 14.4. The van der Waals surface area contributed by atoms with Gasteiger partial charge in [0.2, 0.25) is 5.91 Å². The van der Waals surface area contributed by atoms with Crippen LogP contribution in [0.2, 0.25) is 5.02 Å². The number of rotatable bonds is 7. The van der Waals surface area contributed by atoms with E-state index in [2.05, 4.69) is 15.3 Å². The Bertz CT molecular complexity index is 1560. The molecule has 1 saturated carbocycles. The average molecular weight is 601 g/mol. The molecule has 0 spiro atoms. The third kappa shape index (κ3) is 5.99. The summed E-state index contributed by atoms with van der Waals surface area (Å²) in [5.74, 6) is -5.62. The Labute approximate surface area is 243 Å². The molecule has 1 aliphatic carbocycles. The number of nitrogens with zero attached hydrogens (tertiary/aromatic N) is 5. The molecule has 1 aromatic carbocycles. The Kier molecular flexibility index (Phi) is 8.67. The summed E-state index contributed by atoms with van der Waals surface area (Å²) < 4.78 is 46.7. The van der Waals surface area contributed by atoms with Crippen LogP contribution in [0.15, 0.2) is 61.1 Å². The van der Waals surface area contributed by atoms with Crippen LogP contribution in [-0.2, 0) is 14.3 Å². The van der Waals surface area contributed by atoms with Gasteiger partial charge in [0.1, 0.15) is 24.3 Å². The molecule has 0 radical (unpaired) electrons. The van der Waals surface area contributed by atoms with E-state index in [4.69, 9.17) is 16.3 Å². The summed E-state index contributed by atoms with van der Waals surface area (Å²) >= 11 is 6.44. The van der Waals surface area contributed by atoms with E-state index < -0.39 is 67.2 Å². The summed E-state index contributed by atoms with van der Waals surface area (Å²) in [6.07, 6.45) is 1.15. The molecule has 1 N–H and O–H groups in total. The zero-order chi connectivity index (χ0) is 29.3. The number of amides is 3. The Morgan fingerprint density at radius 1 is 1.21 bits per heavy atom. The molecule has 2 fully saturated rings. The van der Waals surface area contributed by atoms with Crippen molar-refractivity contribution in [2.24, 2.45) is 0 Å². The molecular weight excluding hydrogens is 577 g/mol. The predicted molar refractivity (Wildman–Crippen MR) is 145 cm³/mol. The highest BCUT2D eigenvalue weighted by Gasteiger charge is 2.49. The van der Waals surface area contributed by atoms with Gasteiger partial charge in [0, 0.05) is 41.7 Å². The van der Waals surface area contributed by atoms with Gasteiger partial charge in [0.15, 0.2) is 6.04 Å². The first kappa shape index (κ1) is 30.3. The van der Waals surface area contributed by atoms with Gasteiger partial charge >= 0.3 is 6.09 Å². The van der Waals surface area contributed by atoms with Gasteiger partial charge in [-0.25, -0.2) is 27.8 Å². The predicted octanol–water partition coefficient (Wildman–Crippen LogP) is 4.79. The third-order valence-electron chi connectivity index (χ3n) is 6.63. The number of carbonyl (C=O) groups is 3. The first-order valence-electron chi connectivity index (χ1n) is 12.3. The van der Waals surface area contributed by atoms with Gasteiger partial charge in [-0.3, -0.25) is 19.5 Å². The van der Waals surface area contributed by atoms with E-state index in [0.717, 1.165) is 28.3 Å². The molecule has 218 valence electrons. The summed E-state index contributed by atoms with van der Waals surface area (Å²) in [7, 11) is 0. The number of alkyl halides is 2. The number of hydrogen-bond acceptors (Lipinski definition) is 7. The fourth-order valence-electron chi connectivity index (χ4n) is 4.71. The quantitative estimate of drug-likeness (QED) is 0.413. The summed E-state index contributed by atoms with van der Waals surface area (Å²) in [6, 6.07) is 7.71. The molecule has 10 nitrogen and oxygen atoms in total. The van der Waals surface area contributed by atoms with Crippen molar-refractivity contribution >= 4 is 41.0 Å². The van der Waals surface area contributed by atoms with Gasteiger partial charge in [-0.1, -0.05) is 37.2 Å². The van der Waals surface area contributed by atoms with Crippen LogP contribution in [-0.4, -0.2) is 52.5 Å². The van der Waals surface area contributed by atoms with Gasteiger partial charge in [-0.05, 0) is 18.2 Å². The SMILES string of the molecule is C.N#Cc1ccnc(N2C(=O)OC[C@H]2C(=O)N(c2cncc(F)c2)[C@H](C(=O)NC2CC(F)(F)C2)c2ccccc2Cl)c1. The highest BCUT2D eigenvalue weighted by atomic mass is 35.5. The largest absolute Gasteiger partial charge is 0.446 e. The van der Waals surface area contributed by atoms with Gasteiger partial charge in [0.25, 0.3) is 11.8 Å². The number of nitrogens with one attached hydrogen (secondary N) is 1. The minimum absolute atomic E-state index is 0. The number of hydrogen-bond donors (Lipinski definition) is 1. The second-order valence-electron chi connectivity index (χ2n) is 9.44. The van der Waals surface area contributed by atoms with Crippen molar-refractivity contribution in [3.63, 3.8) is 0 Å². The second-order valence-corrected chi connectivity index (χ2v) is 9.85. The molecule has 5 rings (SSSR count). The van der Waals surface area contributed by atoms with Crippen LogP contribution in [0, 0.1) is 17.1 Å². The molecule has 3 aromatic rings. The van der Waals surface area contributed by atoms with Crippen molar-refractivity contribution in [1.29, 1.82) is 5.26 Å². The van der Waals surface area contributed by atoms with Gasteiger partial charge < -0.3 is 10.1 Å². The van der Waals surface area contributed by atoms with E-state index >= 15 is 0 Å². The average Bonchev–Trinajstić information content (AvgIpc) is 3.32. The van der Waals surface area contributed by atoms with Crippen LogP contribution < -0.4 is 15.1 Å². The van der Waals surface area contributed by atoms with Gasteiger partial charge in [0.05, 0.1) is 29.7 Å². The molecule has 1 aliphatic heterocycles. The van der Waals surface area contributed by atoms with Crippen molar-refractivity contribution in [1.82, 2.24) is 15.3 Å². The van der Waals surface area contributed by atoms with Crippen molar-refractivity contribution in [3.8, 4) is 6.07 Å². The number of pyridine rings is 2. The van der Waals surface area contributed by atoms with Crippen LogP contribution >= 0.6 is 11.6 Å². The summed E-state index contributed by atoms with van der Waals surface area (Å²) in [5, 5.41) is 11.9. The molecular formula is C28H24ClF3N6O4. The molecule has 3 amide bonds. The summed E-state index contributed by atoms with van der Waals surface area (Å²) in [6.45, 7) is -0.471. The lowest BCUT2D eigenvalue weighted by atomic mass is 9.87. The smallest absolute Gasteiger partial charge is 0.416 e. The van der Waals surface area contributed by atoms with Crippen LogP contribution in [0.4, 0.5) is 29.5 Å². The number of anilines is 2. The van der Waals surface area contributed by atoms with E-state index in [1.165, 1.54) is 30.5 Å². The number of ether oxygens (including phenoxy) is 1. The Balaban J connectivity index is 0.00000405. The van der Waals surface area contributed by atoms with Crippen LogP contribution in [0.5, 0.6) is 0 Å². The third-order valence-corrected chi connectivity index (χ3v) is 6.97. The fraction of sp³-hybridized carbons (Fsp3) is 0.286. The molecule has 3 heterocycles. The molecule has 2 aliphatic rings. The minimum atomic E-state index is -2.94. The second kappa shape index (κ2) is 12.0. The fourth-order valence-corrected chi connectivity index (χ4v) is 4.95. The number of halogens is 4. The first-order valence-corrected chi connectivity index (χ1v) is 12.6. The van der Waals surface area contributed by atoms with Crippen LogP contribution in [0.3, 0.4) is 0 Å². The Morgan fingerprint density at radius 3 is 2.62 bits per heavy atom. The highest BCUT2D eigenvalue weighted by molar-refractivity contribution is 6.31. The number of aromatic nitrogens is 2. The van der Waals surface area contributed by atoms with E-state index in [1.807, 2.05) is 6.07 Å². The number of carbonyl (C=O) groups excluding carboxylic acids is 3. The molecule has 2 atom stereocenters. The van der Waals surface area contributed by atoms with Crippen molar-refractivity contribution in [3.05, 3.63) is 83.0 Å². The topological polar surface area (TPSA) is 129 Å². The van der Waals surface area contributed by atoms with E-state index in [9.17, 15) is 32.8 Å². The van der Waals surface area contributed by atoms with Crippen molar-refractivity contribution in [2.45, 2.75) is 44.3 Å². The normalized spacial score (nSPS) is 18.1. The molecule has 0 bridgehead atoms. The Hall–Kier alpha value is -4.70. The maximum Gasteiger partial charge on any atom is 0.416 e. The monoisotopic (exact) mass is 600 g/mol. The standard InChI is InChI=1S/C27H20ClF3N6O4.CH4/c28-20-4-2-1-3-19(20)23(24(38)35-17-9-27(30,31)10-17)36(18-8-16(29)12-33-13-18)25(39)21-14-41-26(40)37(21)22-7-15(11-32)5-6-34-22;/h1-8,12-13,17,21,23H,9-10,14H2,(H,35,38);1H4/t21-,23-;/m0./s1. The molecule has 14 heteroatoms. The first-order chi connectivity index (χ1) is 19.6.